The minimum Gasteiger partial charge on any atom is -0.342 e. The summed E-state index contributed by atoms with van der Waals surface area (Å²) in [7, 11) is 0. The predicted octanol–water partition coefficient (Wildman–Crippen LogP) is 1.48. The van der Waals surface area contributed by atoms with Gasteiger partial charge in [-0.25, -0.2) is 4.98 Å². The normalized spacial score (nSPS) is 27.8. The van der Waals surface area contributed by atoms with Crippen molar-refractivity contribution >= 4 is 5.91 Å². The first-order chi connectivity index (χ1) is 8.69. The summed E-state index contributed by atoms with van der Waals surface area (Å²) in [5.74, 6) is 3.70. The number of likely N-dealkylation sites (tertiary alicyclic amines) is 1. The minimum absolute atomic E-state index is 0.260. The van der Waals surface area contributed by atoms with Gasteiger partial charge in [-0.15, -0.1) is 0 Å². The van der Waals surface area contributed by atoms with Crippen LogP contribution in [0.25, 0.3) is 0 Å². The summed E-state index contributed by atoms with van der Waals surface area (Å²) in [5.41, 5.74) is 0. The van der Waals surface area contributed by atoms with E-state index in [2.05, 4.69) is 15.2 Å². The highest BCUT2D eigenvalue weighted by atomic mass is 16.2. The zero-order valence-electron chi connectivity index (χ0n) is 11.0. The summed E-state index contributed by atoms with van der Waals surface area (Å²) in [5, 5.41) is 7.22. The van der Waals surface area contributed by atoms with E-state index in [-0.39, 0.29) is 5.91 Å². The third-order valence-corrected chi connectivity index (χ3v) is 4.19. The largest absolute Gasteiger partial charge is 0.342 e. The Bertz CT molecular complexity index is 452. The zero-order chi connectivity index (χ0) is 12.7. The number of hydrogen-bond donors (Lipinski definition) is 1. The van der Waals surface area contributed by atoms with Gasteiger partial charge in [0.05, 0.1) is 0 Å². The lowest BCUT2D eigenvalue weighted by Gasteiger charge is -2.14. The lowest BCUT2D eigenvalue weighted by atomic mass is 9.91. The van der Waals surface area contributed by atoms with Gasteiger partial charge in [0.25, 0.3) is 0 Å². The highest BCUT2D eigenvalue weighted by Gasteiger charge is 2.45. The highest BCUT2D eigenvalue weighted by Crippen LogP contribution is 2.46. The average Bonchev–Trinajstić information content (AvgIpc) is 2.97. The third-order valence-electron chi connectivity index (χ3n) is 4.19. The standard InChI is InChI=1S/C13H20N4O/c1-3-12(18)17-6-10(9-4-5-9)11(7-17)13-14-8(2)15-16-13/h9-11H,3-7H2,1-2H3,(H,14,15,16)/t10-,11+/m0/s1. The topological polar surface area (TPSA) is 61.9 Å². The molecule has 0 bridgehead atoms. The van der Waals surface area contributed by atoms with Crippen molar-refractivity contribution in [3.8, 4) is 0 Å². The van der Waals surface area contributed by atoms with Crippen LogP contribution in [-0.2, 0) is 4.79 Å². The van der Waals surface area contributed by atoms with Gasteiger partial charge in [-0.3, -0.25) is 9.89 Å². The molecule has 2 heterocycles. The summed E-state index contributed by atoms with van der Waals surface area (Å²) in [4.78, 5) is 18.3. The van der Waals surface area contributed by atoms with Crippen LogP contribution >= 0.6 is 0 Å². The molecule has 1 aliphatic heterocycles. The van der Waals surface area contributed by atoms with E-state index < -0.39 is 0 Å². The van der Waals surface area contributed by atoms with Crippen molar-refractivity contribution < 1.29 is 4.79 Å². The van der Waals surface area contributed by atoms with Crippen molar-refractivity contribution in [2.45, 2.75) is 39.0 Å². The van der Waals surface area contributed by atoms with E-state index in [0.29, 0.717) is 18.3 Å². The van der Waals surface area contributed by atoms with Crippen LogP contribution in [0.1, 0.15) is 43.8 Å². The number of carbonyl (C=O) groups excluding carboxylic acids is 1. The molecule has 1 N–H and O–H groups in total. The van der Waals surface area contributed by atoms with Gasteiger partial charge in [0.2, 0.25) is 5.91 Å². The lowest BCUT2D eigenvalue weighted by Crippen LogP contribution is -2.28. The molecule has 1 amide bonds. The van der Waals surface area contributed by atoms with Gasteiger partial charge >= 0.3 is 0 Å². The fourth-order valence-electron chi connectivity index (χ4n) is 3.06. The van der Waals surface area contributed by atoms with Gasteiger partial charge in [0.1, 0.15) is 5.82 Å². The molecule has 2 atom stereocenters. The number of aromatic amines is 1. The second-order valence-electron chi connectivity index (χ2n) is 5.54. The van der Waals surface area contributed by atoms with Crippen LogP contribution in [0, 0.1) is 18.8 Å². The van der Waals surface area contributed by atoms with Crippen LogP contribution in [0.5, 0.6) is 0 Å². The number of aromatic nitrogens is 3. The minimum atomic E-state index is 0.260. The van der Waals surface area contributed by atoms with Crippen molar-refractivity contribution in [2.24, 2.45) is 11.8 Å². The Kier molecular flexibility index (Phi) is 2.84. The van der Waals surface area contributed by atoms with E-state index in [1.165, 1.54) is 12.8 Å². The first kappa shape index (κ1) is 11.7. The molecule has 0 radical (unpaired) electrons. The zero-order valence-corrected chi connectivity index (χ0v) is 11.0. The van der Waals surface area contributed by atoms with Gasteiger partial charge < -0.3 is 4.90 Å². The molecule has 1 aromatic heterocycles. The van der Waals surface area contributed by atoms with Crippen molar-refractivity contribution in [1.82, 2.24) is 20.1 Å². The summed E-state index contributed by atoms with van der Waals surface area (Å²) < 4.78 is 0. The van der Waals surface area contributed by atoms with Gasteiger partial charge in [-0.05, 0) is 31.6 Å². The van der Waals surface area contributed by atoms with Crippen LogP contribution in [0.2, 0.25) is 0 Å². The molecule has 0 spiro atoms. The molecule has 1 saturated carbocycles. The number of carbonyl (C=O) groups is 1. The second-order valence-corrected chi connectivity index (χ2v) is 5.54. The van der Waals surface area contributed by atoms with Crippen molar-refractivity contribution in [3.63, 3.8) is 0 Å². The Morgan fingerprint density at radius 1 is 1.44 bits per heavy atom. The first-order valence-electron chi connectivity index (χ1n) is 6.85. The van der Waals surface area contributed by atoms with Crippen molar-refractivity contribution in [2.75, 3.05) is 13.1 Å². The molecule has 18 heavy (non-hydrogen) atoms. The first-order valence-corrected chi connectivity index (χ1v) is 6.85. The Labute approximate surface area is 107 Å². The van der Waals surface area contributed by atoms with Crippen molar-refractivity contribution in [1.29, 1.82) is 0 Å². The SMILES string of the molecule is CCC(=O)N1C[C@@H](c2n[nH]c(C)n2)[C@H](C2CC2)C1. The van der Waals surface area contributed by atoms with Gasteiger partial charge in [0, 0.05) is 25.4 Å². The Balaban J connectivity index is 1.80. The van der Waals surface area contributed by atoms with Gasteiger partial charge in [-0.1, -0.05) is 6.92 Å². The van der Waals surface area contributed by atoms with Crippen LogP contribution < -0.4 is 0 Å². The van der Waals surface area contributed by atoms with Gasteiger partial charge in [0.15, 0.2) is 5.82 Å². The fraction of sp³-hybridized carbons (Fsp3) is 0.769. The molecule has 5 nitrogen and oxygen atoms in total. The molecule has 5 heteroatoms. The molecular formula is C13H20N4O. The number of amides is 1. The smallest absolute Gasteiger partial charge is 0.222 e. The number of H-pyrrole nitrogens is 1. The molecule has 98 valence electrons. The predicted molar refractivity (Wildman–Crippen MR) is 66.9 cm³/mol. The summed E-state index contributed by atoms with van der Waals surface area (Å²) >= 11 is 0. The number of aryl methyl sites for hydroxylation is 1. The fourth-order valence-corrected chi connectivity index (χ4v) is 3.06. The maximum absolute atomic E-state index is 11.9. The molecule has 2 fully saturated rings. The Morgan fingerprint density at radius 3 is 2.78 bits per heavy atom. The van der Waals surface area contributed by atoms with Crippen LogP contribution in [-0.4, -0.2) is 39.1 Å². The molecule has 3 rings (SSSR count). The molecule has 0 unspecified atom stereocenters. The van der Waals surface area contributed by atoms with E-state index in [1.807, 2.05) is 18.7 Å². The third kappa shape index (κ3) is 2.02. The molecule has 1 aliphatic carbocycles. The maximum Gasteiger partial charge on any atom is 0.222 e. The number of nitrogens with zero attached hydrogens (tertiary/aromatic N) is 3. The van der Waals surface area contributed by atoms with Crippen LogP contribution in [0.3, 0.4) is 0 Å². The van der Waals surface area contributed by atoms with E-state index in [1.54, 1.807) is 0 Å². The Hall–Kier alpha value is -1.39. The molecule has 1 aromatic rings. The number of nitrogens with one attached hydrogen (secondary N) is 1. The quantitative estimate of drug-likeness (QED) is 0.881. The van der Waals surface area contributed by atoms with E-state index in [4.69, 9.17) is 0 Å². The monoisotopic (exact) mass is 248 g/mol. The molecule has 0 aromatic carbocycles. The summed E-state index contributed by atoms with van der Waals surface area (Å²) in [6.45, 7) is 5.55. The average molecular weight is 248 g/mol. The summed E-state index contributed by atoms with van der Waals surface area (Å²) in [6.07, 6.45) is 3.20. The number of rotatable bonds is 3. The van der Waals surface area contributed by atoms with Gasteiger partial charge in [-0.2, -0.15) is 5.10 Å². The van der Waals surface area contributed by atoms with E-state index >= 15 is 0 Å². The number of hydrogen-bond acceptors (Lipinski definition) is 3. The molecule has 1 saturated heterocycles. The van der Waals surface area contributed by atoms with Crippen LogP contribution in [0.15, 0.2) is 0 Å². The second kappa shape index (κ2) is 4.37. The van der Waals surface area contributed by atoms with E-state index in [9.17, 15) is 4.79 Å². The van der Waals surface area contributed by atoms with Crippen LogP contribution in [0.4, 0.5) is 0 Å². The Morgan fingerprint density at radius 2 is 2.22 bits per heavy atom. The highest BCUT2D eigenvalue weighted by molar-refractivity contribution is 5.76. The molecule has 2 aliphatic rings. The van der Waals surface area contributed by atoms with Crippen molar-refractivity contribution in [3.05, 3.63) is 11.6 Å². The molecular weight excluding hydrogens is 228 g/mol. The maximum atomic E-state index is 11.9. The van der Waals surface area contributed by atoms with E-state index in [0.717, 1.165) is 30.7 Å². The lowest BCUT2D eigenvalue weighted by molar-refractivity contribution is -0.129. The summed E-state index contributed by atoms with van der Waals surface area (Å²) in [6, 6.07) is 0.